The van der Waals surface area contributed by atoms with E-state index in [1.807, 2.05) is 78.7 Å². The van der Waals surface area contributed by atoms with Gasteiger partial charge in [-0.2, -0.15) is 10.1 Å². The Morgan fingerprint density at radius 3 is 2.13 bits per heavy atom. The summed E-state index contributed by atoms with van der Waals surface area (Å²) in [5.74, 6) is 1.35. The molecule has 17 nitrogen and oxygen atoms in total. The van der Waals surface area contributed by atoms with Crippen LogP contribution in [0.15, 0.2) is 97.5 Å². The van der Waals surface area contributed by atoms with Crippen LogP contribution in [0.3, 0.4) is 0 Å². The van der Waals surface area contributed by atoms with Crippen molar-refractivity contribution in [2.24, 2.45) is 24.8 Å². The largest absolute Gasteiger partial charge is 0.494 e. The molecular formula is C58H65ClN11O6P. The number of methoxy groups -OCH3 is 1. The van der Waals surface area contributed by atoms with Crippen molar-refractivity contribution < 1.29 is 28.5 Å². The summed E-state index contributed by atoms with van der Waals surface area (Å²) in [6.45, 7) is 10.5. The lowest BCUT2D eigenvalue weighted by Crippen LogP contribution is -2.54. The highest BCUT2D eigenvalue weighted by molar-refractivity contribution is 7.70. The summed E-state index contributed by atoms with van der Waals surface area (Å²) in [6.07, 6.45) is 12.5. The van der Waals surface area contributed by atoms with Gasteiger partial charge >= 0.3 is 0 Å². The Kier molecular flexibility index (Phi) is 14.7. The number of hydrogen-bond donors (Lipinski definition) is 3. The molecule has 7 heterocycles. The summed E-state index contributed by atoms with van der Waals surface area (Å²) in [6, 6.07) is 24.6. The zero-order chi connectivity index (χ0) is 53.5. The molecule has 2 aromatic heterocycles. The minimum atomic E-state index is -2.74. The Labute approximate surface area is 454 Å². The fraction of sp³-hybridized carbons (Fsp3) is 0.397. The van der Waals surface area contributed by atoms with Gasteiger partial charge in [0.2, 0.25) is 17.8 Å². The van der Waals surface area contributed by atoms with E-state index in [9.17, 15) is 23.7 Å². The van der Waals surface area contributed by atoms with Crippen molar-refractivity contribution in [2.45, 2.75) is 57.4 Å². The Morgan fingerprint density at radius 1 is 0.727 bits per heavy atom. The van der Waals surface area contributed by atoms with Gasteiger partial charge in [-0.05, 0) is 137 Å². The minimum Gasteiger partial charge on any atom is -0.494 e. The molecule has 5 aliphatic rings. The molecule has 0 aliphatic carbocycles. The molecule has 5 aliphatic heterocycles. The number of nitrogens with one attached hydrogen (secondary N) is 3. The zero-order valence-electron chi connectivity index (χ0n) is 44.0. The number of fused-ring (bicyclic) bond motifs is 1. The third kappa shape index (κ3) is 10.9. The van der Waals surface area contributed by atoms with Crippen LogP contribution in [-0.4, -0.2) is 125 Å². The van der Waals surface area contributed by atoms with Crippen LogP contribution in [0.5, 0.6) is 5.75 Å². The minimum absolute atomic E-state index is 0.0947. The number of benzene rings is 4. The number of likely N-dealkylation sites (tertiary alicyclic amines) is 1. The molecular weight excluding hydrogens is 1010 g/mol. The number of halogens is 1. The fourth-order valence-corrected chi connectivity index (χ4v) is 13.5. The van der Waals surface area contributed by atoms with Gasteiger partial charge in [0.1, 0.15) is 24.0 Å². The molecule has 4 amide bonds. The number of nitrogens with zero attached hydrogens (tertiary/aromatic N) is 8. The number of carbonyl (C=O) groups excluding carboxylic acids is 4. The van der Waals surface area contributed by atoms with E-state index in [2.05, 4.69) is 52.9 Å². The summed E-state index contributed by atoms with van der Waals surface area (Å²) in [5, 5.41) is 14.6. The summed E-state index contributed by atoms with van der Waals surface area (Å²) in [4.78, 5) is 68.9. The molecule has 0 bridgehead atoms. The molecule has 0 spiro atoms. The van der Waals surface area contributed by atoms with Gasteiger partial charge < -0.3 is 34.6 Å². The van der Waals surface area contributed by atoms with E-state index >= 15 is 0 Å². The second kappa shape index (κ2) is 21.8. The SMILES string of the molecule is COc1cc(N2CCC(C3CCN(CC4CCN(c5ccc6c(c5)C(=O)N(C5CCC(=O)NC5=O)C6=O)CC4)CC3)CC2)c(-c2cnn(C)c2)cc1Nc1ncc(Cl)c(Nc2ccc(-c3ccccc3)cc2P(C)(C)=O)n1. The first-order valence-corrected chi connectivity index (χ1v) is 29.8. The van der Waals surface area contributed by atoms with E-state index in [0.717, 1.165) is 110 Å². The number of aryl methyl sites for hydroxylation is 1. The average Bonchev–Trinajstić information content (AvgIpc) is 3.99. The van der Waals surface area contributed by atoms with Crippen LogP contribution in [0.1, 0.15) is 72.1 Å². The first-order valence-electron chi connectivity index (χ1n) is 26.8. The number of amides is 4. The number of carbonyl (C=O) groups is 4. The molecule has 11 rings (SSSR count). The number of rotatable bonds is 14. The van der Waals surface area contributed by atoms with Gasteiger partial charge in [-0.15, -0.1) is 0 Å². The highest BCUT2D eigenvalue weighted by Gasteiger charge is 2.45. The second-order valence-corrected chi connectivity index (χ2v) is 25.2. The lowest BCUT2D eigenvalue weighted by molar-refractivity contribution is -0.136. The smallest absolute Gasteiger partial charge is 0.262 e. The van der Waals surface area contributed by atoms with Crippen LogP contribution in [0.4, 0.5) is 34.5 Å². The quantitative estimate of drug-likeness (QED) is 0.0692. The van der Waals surface area contributed by atoms with Gasteiger partial charge in [0.15, 0.2) is 5.82 Å². The summed E-state index contributed by atoms with van der Waals surface area (Å²) < 4.78 is 21.5. The number of anilines is 6. The van der Waals surface area contributed by atoms with Gasteiger partial charge in [-0.25, -0.2) is 4.98 Å². The maximum absolute atomic E-state index is 13.7. The van der Waals surface area contributed by atoms with Gasteiger partial charge in [-0.1, -0.05) is 48.0 Å². The molecule has 0 radical (unpaired) electrons. The van der Waals surface area contributed by atoms with Crippen LogP contribution >= 0.6 is 18.7 Å². The number of aromatic nitrogens is 4. The van der Waals surface area contributed by atoms with E-state index < -0.39 is 30.9 Å². The summed E-state index contributed by atoms with van der Waals surface area (Å²) >= 11 is 6.72. The van der Waals surface area contributed by atoms with E-state index in [1.54, 1.807) is 38.8 Å². The second-order valence-electron chi connectivity index (χ2n) is 21.6. The van der Waals surface area contributed by atoms with Gasteiger partial charge in [0.25, 0.3) is 11.8 Å². The molecule has 19 heteroatoms. The van der Waals surface area contributed by atoms with Crippen molar-refractivity contribution in [1.29, 1.82) is 0 Å². The molecule has 1 atom stereocenters. The molecule has 4 aromatic carbocycles. The topological polar surface area (TPSA) is 187 Å². The predicted octanol–water partition coefficient (Wildman–Crippen LogP) is 9.19. The highest BCUT2D eigenvalue weighted by atomic mass is 35.5. The maximum Gasteiger partial charge on any atom is 0.262 e. The number of piperidine rings is 4. The normalized spacial score (nSPS) is 19.2. The van der Waals surface area contributed by atoms with E-state index in [0.29, 0.717) is 68.1 Å². The van der Waals surface area contributed by atoms with Crippen molar-refractivity contribution in [1.82, 2.24) is 34.9 Å². The van der Waals surface area contributed by atoms with Crippen LogP contribution in [0, 0.1) is 17.8 Å². The first-order chi connectivity index (χ1) is 37.2. The van der Waals surface area contributed by atoms with Crippen molar-refractivity contribution in [3.05, 3.63) is 114 Å². The number of imide groups is 2. The van der Waals surface area contributed by atoms with Crippen molar-refractivity contribution in [3.63, 3.8) is 0 Å². The van der Waals surface area contributed by atoms with E-state index in [4.69, 9.17) is 21.3 Å². The zero-order valence-corrected chi connectivity index (χ0v) is 45.7. The molecule has 0 saturated carbocycles. The van der Waals surface area contributed by atoms with Gasteiger partial charge in [0, 0.05) is 86.3 Å². The molecule has 4 saturated heterocycles. The molecule has 4 fully saturated rings. The van der Waals surface area contributed by atoms with E-state index in [1.165, 1.54) is 12.8 Å². The molecule has 3 N–H and O–H groups in total. The first kappa shape index (κ1) is 52.0. The third-order valence-corrected chi connectivity index (χ3v) is 18.2. The van der Waals surface area contributed by atoms with Crippen LogP contribution in [0.2, 0.25) is 5.02 Å². The van der Waals surface area contributed by atoms with Crippen molar-refractivity contribution >= 4 is 82.2 Å². The highest BCUT2D eigenvalue weighted by Crippen LogP contribution is 2.44. The van der Waals surface area contributed by atoms with E-state index in [-0.39, 0.29) is 18.7 Å². The summed E-state index contributed by atoms with van der Waals surface area (Å²) in [5.41, 5.74) is 8.00. The average molecular weight is 1080 g/mol. The molecule has 77 heavy (non-hydrogen) atoms. The lowest BCUT2D eigenvalue weighted by Gasteiger charge is -2.42. The maximum atomic E-state index is 13.7. The Balaban J connectivity index is 0.699. The lowest BCUT2D eigenvalue weighted by atomic mass is 9.78. The van der Waals surface area contributed by atoms with Crippen molar-refractivity contribution in [3.8, 4) is 28.0 Å². The molecule has 6 aromatic rings. The Bertz CT molecular complexity index is 3290. The van der Waals surface area contributed by atoms with Gasteiger partial charge in [0.05, 0.1) is 42.0 Å². The standard InChI is InChI=1S/C58H65ClN11O6P/c1-66-35-41(32-61-66)44-30-48(63-58-60-33-46(59)54(65-58)62-47-13-10-40(28-52(47)77(3,4)75)37-8-6-5-7-9-37)51(76-2)31-50(44)69-26-20-39(21-27-69)38-18-22-67(23-19-38)34-36-16-24-68(25-17-36)42-11-12-43-45(29-42)57(74)70(56(43)73)49-14-15-53(71)64-55(49)72/h5-13,28-33,35-36,38-39,49H,14-27,34H2,1-4H3,(H,64,71,72)(H2,60,62,63,65). The molecule has 1 unspecified atom stereocenters. The van der Waals surface area contributed by atoms with Crippen molar-refractivity contribution in [2.75, 3.05) is 86.7 Å². The Morgan fingerprint density at radius 2 is 1.44 bits per heavy atom. The fourth-order valence-electron chi connectivity index (χ4n) is 12.2. The number of hydrogen-bond acceptors (Lipinski definition) is 14. The molecule has 400 valence electrons. The van der Waals surface area contributed by atoms with Crippen LogP contribution < -0.4 is 35.8 Å². The van der Waals surface area contributed by atoms with Gasteiger partial charge in [-0.3, -0.25) is 34.1 Å². The van der Waals surface area contributed by atoms with Crippen LogP contribution in [0.25, 0.3) is 22.3 Å². The monoisotopic (exact) mass is 1080 g/mol. The van der Waals surface area contributed by atoms with Crippen LogP contribution in [-0.2, 0) is 21.2 Å². The predicted molar refractivity (Wildman–Crippen MR) is 302 cm³/mol. The summed E-state index contributed by atoms with van der Waals surface area (Å²) in [7, 11) is 0.860. The number of ether oxygens (including phenoxy) is 1. The third-order valence-electron chi connectivity index (χ3n) is 16.4. The Hall–Kier alpha value is -7.07.